The van der Waals surface area contributed by atoms with Gasteiger partial charge in [-0.2, -0.15) is 8.42 Å². The van der Waals surface area contributed by atoms with Crippen molar-refractivity contribution in [1.29, 1.82) is 0 Å². The predicted molar refractivity (Wildman–Crippen MR) is 123 cm³/mol. The van der Waals surface area contributed by atoms with Crippen LogP contribution < -0.4 is 8.92 Å². The fraction of sp³-hybridized carbons (Fsp3) is 0.240. The molecule has 0 aliphatic heterocycles. The lowest BCUT2D eigenvalue weighted by molar-refractivity contribution is 0.0717. The molecule has 0 aliphatic carbocycles. The molecule has 34 heavy (non-hydrogen) atoms. The SMILES string of the molecule is COc1ccc(S(=O)(=O)Oc2cccc(CN(CC(C)C)C(=O)c3ccccc3F)c2)cc1F. The summed E-state index contributed by atoms with van der Waals surface area (Å²) in [5.74, 6) is -1.91. The first-order valence-corrected chi connectivity index (χ1v) is 11.9. The van der Waals surface area contributed by atoms with Crippen molar-refractivity contribution >= 4 is 16.0 Å². The summed E-state index contributed by atoms with van der Waals surface area (Å²) >= 11 is 0. The molecule has 0 aromatic heterocycles. The van der Waals surface area contributed by atoms with Gasteiger partial charge in [-0.3, -0.25) is 4.79 Å². The van der Waals surface area contributed by atoms with E-state index in [1.165, 1.54) is 54.5 Å². The van der Waals surface area contributed by atoms with Crippen LogP contribution in [0.5, 0.6) is 11.5 Å². The zero-order valence-electron chi connectivity index (χ0n) is 19.0. The van der Waals surface area contributed by atoms with Crippen LogP contribution in [0, 0.1) is 17.6 Å². The summed E-state index contributed by atoms with van der Waals surface area (Å²) in [6.45, 7) is 4.34. The van der Waals surface area contributed by atoms with Crippen LogP contribution in [0.2, 0.25) is 0 Å². The Balaban J connectivity index is 1.83. The molecule has 0 aliphatic rings. The molecule has 3 aromatic rings. The van der Waals surface area contributed by atoms with Gasteiger partial charge in [0.15, 0.2) is 11.6 Å². The topological polar surface area (TPSA) is 72.9 Å². The second-order valence-corrected chi connectivity index (χ2v) is 9.59. The minimum Gasteiger partial charge on any atom is -0.494 e. The van der Waals surface area contributed by atoms with Gasteiger partial charge in [-0.15, -0.1) is 0 Å². The third-order valence-electron chi connectivity index (χ3n) is 4.87. The van der Waals surface area contributed by atoms with Crippen LogP contribution in [0.1, 0.15) is 29.8 Å². The Kier molecular flexibility index (Phi) is 7.88. The number of benzene rings is 3. The van der Waals surface area contributed by atoms with Crippen molar-refractivity contribution < 1.29 is 30.9 Å². The van der Waals surface area contributed by atoms with Gasteiger partial charge in [0.2, 0.25) is 0 Å². The molecular weight excluding hydrogens is 464 g/mol. The van der Waals surface area contributed by atoms with Gasteiger partial charge < -0.3 is 13.8 Å². The van der Waals surface area contributed by atoms with Gasteiger partial charge in [-0.05, 0) is 53.9 Å². The number of ether oxygens (including phenoxy) is 1. The molecule has 1 amide bonds. The van der Waals surface area contributed by atoms with Crippen molar-refractivity contribution in [2.24, 2.45) is 5.92 Å². The maximum atomic E-state index is 14.2. The van der Waals surface area contributed by atoms with Crippen molar-refractivity contribution in [2.75, 3.05) is 13.7 Å². The van der Waals surface area contributed by atoms with E-state index in [9.17, 15) is 22.0 Å². The van der Waals surface area contributed by atoms with Crippen LogP contribution in [0.25, 0.3) is 0 Å². The van der Waals surface area contributed by atoms with Crippen molar-refractivity contribution in [3.63, 3.8) is 0 Å². The minimum absolute atomic E-state index is 0.00318. The van der Waals surface area contributed by atoms with Crippen LogP contribution in [-0.2, 0) is 16.7 Å². The largest absolute Gasteiger partial charge is 0.494 e. The van der Waals surface area contributed by atoms with E-state index in [2.05, 4.69) is 0 Å². The van der Waals surface area contributed by atoms with Crippen molar-refractivity contribution in [2.45, 2.75) is 25.3 Å². The summed E-state index contributed by atoms with van der Waals surface area (Å²) in [5.41, 5.74) is 0.540. The summed E-state index contributed by atoms with van der Waals surface area (Å²) in [7, 11) is -3.04. The number of nitrogens with zero attached hydrogens (tertiary/aromatic N) is 1. The Bertz CT molecular complexity index is 1280. The Morgan fingerprint density at radius 1 is 0.971 bits per heavy atom. The molecule has 180 valence electrons. The molecule has 6 nitrogen and oxygen atoms in total. The van der Waals surface area contributed by atoms with E-state index >= 15 is 0 Å². The van der Waals surface area contributed by atoms with Gasteiger partial charge in [-0.25, -0.2) is 8.78 Å². The van der Waals surface area contributed by atoms with Crippen LogP contribution in [0.15, 0.2) is 71.6 Å². The smallest absolute Gasteiger partial charge is 0.339 e. The molecule has 0 spiro atoms. The molecule has 0 fully saturated rings. The molecule has 0 radical (unpaired) electrons. The standard InChI is InChI=1S/C25H25F2NO5S/c1-17(2)15-28(25(29)21-9-4-5-10-22(21)26)16-18-7-6-8-19(13-18)33-34(30,31)20-11-12-24(32-3)23(27)14-20/h4-14,17H,15-16H2,1-3H3. The number of halogens is 2. The highest BCUT2D eigenvalue weighted by Gasteiger charge is 2.22. The number of hydrogen-bond donors (Lipinski definition) is 0. The average molecular weight is 490 g/mol. The van der Waals surface area contributed by atoms with E-state index in [4.69, 9.17) is 8.92 Å². The van der Waals surface area contributed by atoms with E-state index in [1.807, 2.05) is 13.8 Å². The highest BCUT2D eigenvalue weighted by atomic mass is 32.2. The molecule has 0 saturated carbocycles. The number of amides is 1. The van der Waals surface area contributed by atoms with Crippen molar-refractivity contribution in [3.8, 4) is 11.5 Å². The maximum Gasteiger partial charge on any atom is 0.339 e. The Morgan fingerprint density at radius 3 is 2.35 bits per heavy atom. The number of hydrogen-bond acceptors (Lipinski definition) is 5. The second-order valence-electron chi connectivity index (χ2n) is 8.04. The Morgan fingerprint density at radius 2 is 1.71 bits per heavy atom. The van der Waals surface area contributed by atoms with E-state index in [0.29, 0.717) is 12.1 Å². The molecule has 0 unspecified atom stereocenters. The normalized spacial score (nSPS) is 11.4. The third-order valence-corrected chi connectivity index (χ3v) is 6.11. The fourth-order valence-electron chi connectivity index (χ4n) is 3.36. The first-order chi connectivity index (χ1) is 16.1. The maximum absolute atomic E-state index is 14.2. The monoisotopic (exact) mass is 489 g/mol. The van der Waals surface area contributed by atoms with Gasteiger partial charge in [0.1, 0.15) is 16.5 Å². The molecule has 3 rings (SSSR count). The van der Waals surface area contributed by atoms with Gasteiger partial charge >= 0.3 is 10.1 Å². The van der Waals surface area contributed by atoms with E-state index < -0.39 is 27.7 Å². The van der Waals surface area contributed by atoms with E-state index in [-0.39, 0.29) is 34.4 Å². The summed E-state index contributed by atoms with van der Waals surface area (Å²) < 4.78 is 63.4. The quantitative estimate of drug-likeness (QED) is 0.394. The predicted octanol–water partition coefficient (Wildman–Crippen LogP) is 5.04. The molecule has 0 saturated heterocycles. The van der Waals surface area contributed by atoms with Crippen LogP contribution in [0.3, 0.4) is 0 Å². The van der Waals surface area contributed by atoms with Gasteiger partial charge in [-0.1, -0.05) is 38.1 Å². The number of rotatable bonds is 9. The van der Waals surface area contributed by atoms with Crippen LogP contribution in [0.4, 0.5) is 8.78 Å². The van der Waals surface area contributed by atoms with E-state index in [1.54, 1.807) is 18.2 Å². The zero-order valence-corrected chi connectivity index (χ0v) is 19.8. The molecule has 3 aromatic carbocycles. The third kappa shape index (κ3) is 6.11. The molecule has 9 heteroatoms. The lowest BCUT2D eigenvalue weighted by Gasteiger charge is -2.25. The average Bonchev–Trinajstić information content (AvgIpc) is 2.78. The molecule has 0 heterocycles. The van der Waals surface area contributed by atoms with Gasteiger partial charge in [0.05, 0.1) is 12.7 Å². The first kappa shape index (κ1) is 25.2. The highest BCUT2D eigenvalue weighted by molar-refractivity contribution is 7.87. The Labute approximate surface area is 197 Å². The lowest BCUT2D eigenvalue weighted by Crippen LogP contribution is -2.34. The molecular formula is C25H25F2NO5S. The summed E-state index contributed by atoms with van der Waals surface area (Å²) in [6.07, 6.45) is 0. The first-order valence-electron chi connectivity index (χ1n) is 10.5. The number of methoxy groups -OCH3 is 1. The fourth-order valence-corrected chi connectivity index (χ4v) is 4.29. The zero-order chi connectivity index (χ0) is 24.9. The second kappa shape index (κ2) is 10.6. The summed E-state index contributed by atoms with van der Waals surface area (Å²) in [4.78, 5) is 14.1. The van der Waals surface area contributed by atoms with Crippen molar-refractivity contribution in [3.05, 3.63) is 89.5 Å². The molecule has 0 bridgehead atoms. The summed E-state index contributed by atoms with van der Waals surface area (Å²) in [6, 6.07) is 15.1. The summed E-state index contributed by atoms with van der Waals surface area (Å²) in [5, 5.41) is 0. The number of carbonyl (C=O) groups is 1. The van der Waals surface area contributed by atoms with Crippen LogP contribution >= 0.6 is 0 Å². The van der Waals surface area contributed by atoms with Gasteiger partial charge in [0.25, 0.3) is 5.91 Å². The lowest BCUT2D eigenvalue weighted by atomic mass is 10.1. The number of carbonyl (C=O) groups excluding carboxylic acids is 1. The molecule has 0 atom stereocenters. The van der Waals surface area contributed by atoms with E-state index in [0.717, 1.165) is 6.07 Å². The van der Waals surface area contributed by atoms with Crippen molar-refractivity contribution in [1.82, 2.24) is 4.90 Å². The minimum atomic E-state index is -4.32. The van der Waals surface area contributed by atoms with Crippen LogP contribution in [-0.4, -0.2) is 32.9 Å². The Hall–Kier alpha value is -3.46. The van der Waals surface area contributed by atoms with Gasteiger partial charge in [0, 0.05) is 13.1 Å². The molecule has 0 N–H and O–H groups in total. The highest BCUT2D eigenvalue weighted by Crippen LogP contribution is 2.25.